The molecule has 0 aromatic rings. The van der Waals surface area contributed by atoms with Crippen LogP contribution in [0.25, 0.3) is 0 Å². The third kappa shape index (κ3) is 5.50. The summed E-state index contributed by atoms with van der Waals surface area (Å²) < 4.78 is 0. The standard InChI is InChI=1S/C13H26N2O/c1-3-9-14-10-13(16)15-12-6-4-5-11(2)7-8-12/h11-12,14H,3-10H2,1-2H3,(H,15,16). The van der Waals surface area contributed by atoms with Crippen LogP contribution in [0.15, 0.2) is 0 Å². The highest BCUT2D eigenvalue weighted by Crippen LogP contribution is 2.22. The SMILES string of the molecule is CCCNCC(=O)NC1CCCC(C)CC1. The molecule has 0 saturated heterocycles. The summed E-state index contributed by atoms with van der Waals surface area (Å²) >= 11 is 0. The van der Waals surface area contributed by atoms with Gasteiger partial charge in [0.05, 0.1) is 6.54 Å². The molecule has 3 nitrogen and oxygen atoms in total. The molecular formula is C13H26N2O. The lowest BCUT2D eigenvalue weighted by Gasteiger charge is -2.16. The van der Waals surface area contributed by atoms with E-state index in [9.17, 15) is 4.79 Å². The molecule has 94 valence electrons. The molecule has 2 unspecified atom stereocenters. The Morgan fingerprint density at radius 1 is 1.25 bits per heavy atom. The number of hydrogen-bond acceptors (Lipinski definition) is 2. The van der Waals surface area contributed by atoms with Crippen LogP contribution >= 0.6 is 0 Å². The molecule has 1 aliphatic rings. The van der Waals surface area contributed by atoms with E-state index in [1.165, 1.54) is 19.3 Å². The molecule has 0 aliphatic heterocycles. The van der Waals surface area contributed by atoms with Crippen LogP contribution in [-0.2, 0) is 4.79 Å². The Balaban J connectivity index is 2.17. The summed E-state index contributed by atoms with van der Waals surface area (Å²) in [6.07, 6.45) is 7.22. The molecule has 1 amide bonds. The quantitative estimate of drug-likeness (QED) is 0.556. The summed E-state index contributed by atoms with van der Waals surface area (Å²) in [6, 6.07) is 0.417. The first-order valence-corrected chi connectivity index (χ1v) is 6.72. The lowest BCUT2D eigenvalue weighted by molar-refractivity contribution is -0.121. The van der Waals surface area contributed by atoms with E-state index in [1.54, 1.807) is 0 Å². The van der Waals surface area contributed by atoms with Gasteiger partial charge < -0.3 is 10.6 Å². The molecule has 0 radical (unpaired) electrons. The van der Waals surface area contributed by atoms with Crippen molar-refractivity contribution in [1.82, 2.24) is 10.6 Å². The van der Waals surface area contributed by atoms with Gasteiger partial charge in [0.25, 0.3) is 0 Å². The first-order chi connectivity index (χ1) is 7.72. The number of nitrogens with one attached hydrogen (secondary N) is 2. The molecule has 2 N–H and O–H groups in total. The van der Waals surface area contributed by atoms with E-state index in [-0.39, 0.29) is 5.91 Å². The van der Waals surface area contributed by atoms with Gasteiger partial charge >= 0.3 is 0 Å². The van der Waals surface area contributed by atoms with E-state index < -0.39 is 0 Å². The number of carbonyl (C=O) groups is 1. The van der Waals surface area contributed by atoms with Crippen molar-refractivity contribution in [2.45, 2.75) is 58.4 Å². The van der Waals surface area contributed by atoms with Gasteiger partial charge in [-0.2, -0.15) is 0 Å². The van der Waals surface area contributed by atoms with Gasteiger partial charge in [0.1, 0.15) is 0 Å². The molecule has 1 rings (SSSR count). The van der Waals surface area contributed by atoms with E-state index in [4.69, 9.17) is 0 Å². The second-order valence-electron chi connectivity index (χ2n) is 5.05. The summed E-state index contributed by atoms with van der Waals surface area (Å²) in [4.78, 5) is 11.6. The average molecular weight is 226 g/mol. The lowest BCUT2D eigenvalue weighted by atomic mass is 10.0. The molecule has 0 spiro atoms. The van der Waals surface area contributed by atoms with Crippen molar-refractivity contribution in [1.29, 1.82) is 0 Å². The zero-order valence-electron chi connectivity index (χ0n) is 10.7. The van der Waals surface area contributed by atoms with E-state index >= 15 is 0 Å². The van der Waals surface area contributed by atoms with Gasteiger partial charge in [-0.15, -0.1) is 0 Å². The van der Waals surface area contributed by atoms with Crippen molar-refractivity contribution in [2.24, 2.45) is 5.92 Å². The molecule has 3 heteroatoms. The molecule has 1 aliphatic carbocycles. The Kier molecular flexibility index (Phi) is 6.46. The molecule has 2 atom stereocenters. The van der Waals surface area contributed by atoms with Crippen molar-refractivity contribution >= 4 is 5.91 Å². The predicted molar refractivity (Wildman–Crippen MR) is 67.3 cm³/mol. The maximum absolute atomic E-state index is 11.6. The zero-order chi connectivity index (χ0) is 11.8. The average Bonchev–Trinajstić information content (AvgIpc) is 2.44. The first kappa shape index (κ1) is 13.5. The van der Waals surface area contributed by atoms with E-state index in [2.05, 4.69) is 24.5 Å². The zero-order valence-corrected chi connectivity index (χ0v) is 10.7. The van der Waals surface area contributed by atoms with Gasteiger partial charge in [-0.25, -0.2) is 0 Å². The van der Waals surface area contributed by atoms with Gasteiger partial charge in [0, 0.05) is 6.04 Å². The van der Waals surface area contributed by atoms with Crippen molar-refractivity contribution in [3.63, 3.8) is 0 Å². The summed E-state index contributed by atoms with van der Waals surface area (Å²) in [5, 5.41) is 6.27. The Morgan fingerprint density at radius 2 is 2.06 bits per heavy atom. The number of rotatable bonds is 5. The molecule has 0 aromatic carbocycles. The van der Waals surface area contributed by atoms with Crippen molar-refractivity contribution in [3.05, 3.63) is 0 Å². The molecule has 16 heavy (non-hydrogen) atoms. The van der Waals surface area contributed by atoms with Crippen molar-refractivity contribution < 1.29 is 4.79 Å². The van der Waals surface area contributed by atoms with Crippen LogP contribution in [0.1, 0.15) is 52.4 Å². The van der Waals surface area contributed by atoms with E-state index in [0.29, 0.717) is 12.6 Å². The Bertz CT molecular complexity index is 206. The number of hydrogen-bond donors (Lipinski definition) is 2. The van der Waals surface area contributed by atoms with Crippen LogP contribution in [0.4, 0.5) is 0 Å². The van der Waals surface area contributed by atoms with Crippen molar-refractivity contribution in [2.75, 3.05) is 13.1 Å². The van der Waals surface area contributed by atoms with Gasteiger partial charge in [0.15, 0.2) is 0 Å². The highest BCUT2D eigenvalue weighted by molar-refractivity contribution is 5.78. The van der Waals surface area contributed by atoms with Gasteiger partial charge in [-0.05, 0) is 38.1 Å². The highest BCUT2D eigenvalue weighted by atomic mass is 16.1. The lowest BCUT2D eigenvalue weighted by Crippen LogP contribution is -2.40. The number of carbonyl (C=O) groups excluding carboxylic acids is 1. The van der Waals surface area contributed by atoms with Gasteiger partial charge in [0.2, 0.25) is 5.91 Å². The monoisotopic (exact) mass is 226 g/mol. The maximum Gasteiger partial charge on any atom is 0.234 e. The molecule has 0 heterocycles. The summed E-state index contributed by atoms with van der Waals surface area (Å²) in [5.41, 5.74) is 0. The fourth-order valence-electron chi connectivity index (χ4n) is 2.29. The van der Waals surface area contributed by atoms with Crippen molar-refractivity contribution in [3.8, 4) is 0 Å². The fourth-order valence-corrected chi connectivity index (χ4v) is 2.29. The second kappa shape index (κ2) is 7.66. The summed E-state index contributed by atoms with van der Waals surface area (Å²) in [5.74, 6) is 0.994. The van der Waals surface area contributed by atoms with Crippen LogP contribution in [-0.4, -0.2) is 25.0 Å². The fraction of sp³-hybridized carbons (Fsp3) is 0.923. The molecule has 1 saturated carbocycles. The van der Waals surface area contributed by atoms with Gasteiger partial charge in [-0.1, -0.05) is 26.7 Å². The third-order valence-electron chi connectivity index (χ3n) is 3.33. The highest BCUT2D eigenvalue weighted by Gasteiger charge is 2.17. The van der Waals surface area contributed by atoms with Crippen LogP contribution < -0.4 is 10.6 Å². The van der Waals surface area contributed by atoms with Crippen LogP contribution in [0.5, 0.6) is 0 Å². The smallest absolute Gasteiger partial charge is 0.234 e. The largest absolute Gasteiger partial charge is 0.352 e. The Morgan fingerprint density at radius 3 is 2.81 bits per heavy atom. The molecule has 0 bridgehead atoms. The molecular weight excluding hydrogens is 200 g/mol. The second-order valence-corrected chi connectivity index (χ2v) is 5.05. The minimum absolute atomic E-state index is 0.160. The Labute approximate surface area is 99.4 Å². The van der Waals surface area contributed by atoms with Crippen LogP contribution in [0.2, 0.25) is 0 Å². The summed E-state index contributed by atoms with van der Waals surface area (Å²) in [6.45, 7) is 5.82. The van der Waals surface area contributed by atoms with E-state index in [1.807, 2.05) is 0 Å². The van der Waals surface area contributed by atoms with Crippen LogP contribution in [0.3, 0.4) is 0 Å². The summed E-state index contributed by atoms with van der Waals surface area (Å²) in [7, 11) is 0. The predicted octanol–water partition coefficient (Wildman–Crippen LogP) is 2.07. The van der Waals surface area contributed by atoms with Gasteiger partial charge in [-0.3, -0.25) is 4.79 Å². The normalized spacial score (nSPS) is 26.1. The minimum Gasteiger partial charge on any atom is -0.352 e. The van der Waals surface area contributed by atoms with E-state index in [0.717, 1.165) is 31.7 Å². The molecule has 1 fully saturated rings. The molecule has 0 aromatic heterocycles. The minimum atomic E-state index is 0.160. The Hall–Kier alpha value is -0.570. The van der Waals surface area contributed by atoms with Crippen LogP contribution in [0, 0.1) is 5.92 Å². The number of amides is 1. The first-order valence-electron chi connectivity index (χ1n) is 6.72. The third-order valence-corrected chi connectivity index (χ3v) is 3.33. The topological polar surface area (TPSA) is 41.1 Å². The maximum atomic E-state index is 11.6.